The van der Waals surface area contributed by atoms with E-state index in [1.165, 1.54) is 12.8 Å². The highest BCUT2D eigenvalue weighted by atomic mass is 15.3. The van der Waals surface area contributed by atoms with E-state index in [0.717, 1.165) is 31.1 Å². The second-order valence-electron chi connectivity index (χ2n) is 5.88. The van der Waals surface area contributed by atoms with E-state index in [4.69, 9.17) is 5.73 Å². The van der Waals surface area contributed by atoms with Gasteiger partial charge in [-0.3, -0.25) is 0 Å². The molecule has 3 rings (SSSR count). The van der Waals surface area contributed by atoms with Crippen LogP contribution in [0.4, 0.5) is 17.6 Å². The minimum Gasteiger partial charge on any atom is -0.368 e. The summed E-state index contributed by atoms with van der Waals surface area (Å²) in [5.74, 6) is 2.12. The van der Waals surface area contributed by atoms with Crippen LogP contribution in [0, 0.1) is 0 Å². The lowest BCUT2D eigenvalue weighted by Crippen LogP contribution is -2.30. The van der Waals surface area contributed by atoms with Gasteiger partial charge in [-0.2, -0.15) is 9.97 Å². The average molecular weight is 262 g/mol. The fourth-order valence-electron chi connectivity index (χ4n) is 2.50. The molecule has 0 spiro atoms. The quantitative estimate of drug-likeness (QED) is 0.745. The van der Waals surface area contributed by atoms with E-state index in [-0.39, 0.29) is 5.54 Å². The van der Waals surface area contributed by atoms with Crippen molar-refractivity contribution in [1.82, 2.24) is 15.3 Å². The van der Waals surface area contributed by atoms with Crippen molar-refractivity contribution >= 4 is 17.6 Å². The maximum absolute atomic E-state index is 5.83. The molecule has 1 unspecified atom stereocenters. The van der Waals surface area contributed by atoms with Crippen molar-refractivity contribution in [2.75, 3.05) is 36.1 Å². The highest BCUT2D eigenvalue weighted by Crippen LogP contribution is 2.38. The summed E-state index contributed by atoms with van der Waals surface area (Å²) < 4.78 is 0. The Kier molecular flexibility index (Phi) is 2.97. The van der Waals surface area contributed by atoms with E-state index in [1.54, 1.807) is 0 Å². The maximum Gasteiger partial charge on any atom is 0.223 e. The Morgan fingerprint density at radius 1 is 1.42 bits per heavy atom. The molecule has 0 bridgehead atoms. The van der Waals surface area contributed by atoms with E-state index < -0.39 is 0 Å². The third kappa shape index (κ3) is 2.73. The van der Waals surface area contributed by atoms with Gasteiger partial charge in [0.05, 0.1) is 0 Å². The number of rotatable bonds is 4. The smallest absolute Gasteiger partial charge is 0.223 e. The molecular formula is C13H22N6. The predicted molar refractivity (Wildman–Crippen MR) is 77.4 cm³/mol. The summed E-state index contributed by atoms with van der Waals surface area (Å²) in [7, 11) is 2.00. The van der Waals surface area contributed by atoms with E-state index in [9.17, 15) is 0 Å². The molecule has 2 fully saturated rings. The van der Waals surface area contributed by atoms with Crippen LogP contribution in [0.3, 0.4) is 0 Å². The van der Waals surface area contributed by atoms with E-state index in [1.807, 2.05) is 13.1 Å². The van der Waals surface area contributed by atoms with Crippen LogP contribution in [0.15, 0.2) is 6.07 Å². The van der Waals surface area contributed by atoms with Crippen molar-refractivity contribution in [3.05, 3.63) is 6.07 Å². The molecule has 6 heteroatoms. The van der Waals surface area contributed by atoms with Gasteiger partial charge in [-0.1, -0.05) is 0 Å². The largest absolute Gasteiger partial charge is 0.368 e. The molecule has 4 N–H and O–H groups in total. The molecule has 2 heterocycles. The molecule has 1 aliphatic carbocycles. The van der Waals surface area contributed by atoms with Crippen LogP contribution >= 0.6 is 0 Å². The standard InChI is InChI=1S/C13H22N6/c1-13(4-5-13)18-10-7-11(17-12(14)16-10)19-6-3-9(8-19)15-2/h7,9,15H,3-6,8H2,1-2H3,(H3,14,16,17,18). The maximum atomic E-state index is 5.83. The Morgan fingerprint density at radius 2 is 2.21 bits per heavy atom. The van der Waals surface area contributed by atoms with Crippen molar-refractivity contribution in [3.63, 3.8) is 0 Å². The Balaban J connectivity index is 1.77. The third-order valence-electron chi connectivity index (χ3n) is 4.08. The summed E-state index contributed by atoms with van der Waals surface area (Å²) in [4.78, 5) is 10.9. The van der Waals surface area contributed by atoms with Crippen LogP contribution in [0.25, 0.3) is 0 Å². The SMILES string of the molecule is CNC1CCN(c2cc(NC3(C)CC3)nc(N)n2)C1. The van der Waals surface area contributed by atoms with Gasteiger partial charge in [0.15, 0.2) is 0 Å². The second-order valence-corrected chi connectivity index (χ2v) is 5.88. The summed E-state index contributed by atoms with van der Waals surface area (Å²) in [6, 6.07) is 2.55. The number of anilines is 3. The molecule has 6 nitrogen and oxygen atoms in total. The van der Waals surface area contributed by atoms with Gasteiger partial charge in [-0.25, -0.2) is 0 Å². The van der Waals surface area contributed by atoms with Crippen molar-refractivity contribution in [3.8, 4) is 0 Å². The molecule has 0 radical (unpaired) electrons. The number of nitrogens with two attached hydrogens (primary N) is 1. The highest BCUT2D eigenvalue weighted by Gasteiger charge is 2.37. The number of likely N-dealkylation sites (N-methyl/N-ethyl adjacent to an activating group) is 1. The van der Waals surface area contributed by atoms with Crippen molar-refractivity contribution in [2.24, 2.45) is 0 Å². The fraction of sp³-hybridized carbons (Fsp3) is 0.692. The van der Waals surface area contributed by atoms with Crippen LogP contribution in [-0.2, 0) is 0 Å². The molecule has 0 amide bonds. The van der Waals surface area contributed by atoms with Gasteiger partial charge in [-0.05, 0) is 33.2 Å². The van der Waals surface area contributed by atoms with E-state index >= 15 is 0 Å². The van der Waals surface area contributed by atoms with Gasteiger partial charge in [0, 0.05) is 30.7 Å². The predicted octanol–water partition coefficient (Wildman–Crippen LogP) is 0.821. The Bertz CT molecular complexity index is 470. The average Bonchev–Trinajstić information content (AvgIpc) is 2.93. The molecule has 1 aromatic rings. The van der Waals surface area contributed by atoms with Crippen LogP contribution < -0.4 is 21.3 Å². The van der Waals surface area contributed by atoms with Crippen LogP contribution in [0.1, 0.15) is 26.2 Å². The first kappa shape index (κ1) is 12.5. The summed E-state index contributed by atoms with van der Waals surface area (Å²) in [6.07, 6.45) is 3.52. The molecule has 0 aromatic carbocycles. The number of nitrogens with one attached hydrogen (secondary N) is 2. The van der Waals surface area contributed by atoms with Crippen LogP contribution in [0.5, 0.6) is 0 Å². The van der Waals surface area contributed by atoms with Gasteiger partial charge >= 0.3 is 0 Å². The lowest BCUT2D eigenvalue weighted by atomic mass is 10.3. The third-order valence-corrected chi connectivity index (χ3v) is 4.08. The summed E-state index contributed by atoms with van der Waals surface area (Å²) in [5.41, 5.74) is 6.03. The molecular weight excluding hydrogens is 240 g/mol. The molecule has 1 saturated carbocycles. The topological polar surface area (TPSA) is 79.1 Å². The lowest BCUT2D eigenvalue weighted by molar-refractivity contribution is 0.616. The molecule has 1 aromatic heterocycles. The minimum absolute atomic E-state index is 0.205. The van der Waals surface area contributed by atoms with Crippen LogP contribution in [0.2, 0.25) is 0 Å². The second kappa shape index (κ2) is 4.52. The number of nitrogen functional groups attached to an aromatic ring is 1. The first-order valence-corrected chi connectivity index (χ1v) is 6.93. The molecule has 1 saturated heterocycles. The fourth-order valence-corrected chi connectivity index (χ4v) is 2.50. The summed E-state index contributed by atoms with van der Waals surface area (Å²) in [5, 5.41) is 6.76. The monoisotopic (exact) mass is 262 g/mol. The van der Waals surface area contributed by atoms with Gasteiger partial charge < -0.3 is 21.3 Å². The molecule has 1 atom stereocenters. The van der Waals surface area contributed by atoms with Gasteiger partial charge in [-0.15, -0.1) is 0 Å². The van der Waals surface area contributed by atoms with Crippen LogP contribution in [-0.4, -0.2) is 41.7 Å². The Hall–Kier alpha value is -1.56. The summed E-state index contributed by atoms with van der Waals surface area (Å²) >= 11 is 0. The molecule has 19 heavy (non-hydrogen) atoms. The number of nitrogens with zero attached hydrogens (tertiary/aromatic N) is 3. The normalized spacial score (nSPS) is 24.5. The van der Waals surface area contributed by atoms with Gasteiger partial charge in [0.25, 0.3) is 0 Å². The molecule has 104 valence electrons. The number of hydrogen-bond donors (Lipinski definition) is 3. The molecule has 1 aliphatic heterocycles. The van der Waals surface area contributed by atoms with Crippen molar-refractivity contribution in [2.45, 2.75) is 37.8 Å². The first-order valence-electron chi connectivity index (χ1n) is 6.93. The van der Waals surface area contributed by atoms with Gasteiger partial charge in [0.2, 0.25) is 5.95 Å². The lowest BCUT2D eigenvalue weighted by Gasteiger charge is -2.19. The molecule has 2 aliphatic rings. The van der Waals surface area contributed by atoms with E-state index in [0.29, 0.717) is 12.0 Å². The zero-order valence-corrected chi connectivity index (χ0v) is 11.6. The zero-order chi connectivity index (χ0) is 13.5. The van der Waals surface area contributed by atoms with Crippen molar-refractivity contribution < 1.29 is 0 Å². The zero-order valence-electron chi connectivity index (χ0n) is 11.6. The Morgan fingerprint density at radius 3 is 2.84 bits per heavy atom. The summed E-state index contributed by atoms with van der Waals surface area (Å²) in [6.45, 7) is 4.19. The van der Waals surface area contributed by atoms with E-state index in [2.05, 4.69) is 32.4 Å². The van der Waals surface area contributed by atoms with Crippen molar-refractivity contribution in [1.29, 1.82) is 0 Å². The highest BCUT2D eigenvalue weighted by molar-refractivity contribution is 5.54. The Labute approximate surface area is 113 Å². The minimum atomic E-state index is 0.205. The van der Waals surface area contributed by atoms with Gasteiger partial charge in [0.1, 0.15) is 11.6 Å². The first-order chi connectivity index (χ1) is 9.08. The number of aromatic nitrogens is 2. The number of hydrogen-bond acceptors (Lipinski definition) is 6.